The van der Waals surface area contributed by atoms with Crippen molar-refractivity contribution in [2.24, 2.45) is 0 Å². The van der Waals surface area contributed by atoms with Crippen molar-refractivity contribution in [2.45, 2.75) is 25.5 Å². The van der Waals surface area contributed by atoms with Crippen molar-refractivity contribution in [3.8, 4) is 5.75 Å². The number of ether oxygens (including phenoxy) is 2. The number of aryl methyl sites for hydroxylation is 1. The van der Waals surface area contributed by atoms with E-state index in [4.69, 9.17) is 9.47 Å². The van der Waals surface area contributed by atoms with Gasteiger partial charge in [-0.2, -0.15) is 0 Å². The monoisotopic (exact) mass is 314 g/mol. The van der Waals surface area contributed by atoms with Gasteiger partial charge >= 0.3 is 0 Å². The van der Waals surface area contributed by atoms with E-state index in [1.165, 1.54) is 18.6 Å². The summed E-state index contributed by atoms with van der Waals surface area (Å²) in [6.45, 7) is 2.92. The lowest BCUT2D eigenvalue weighted by atomic mass is 10.1. The third-order valence-corrected chi connectivity index (χ3v) is 3.58. The summed E-state index contributed by atoms with van der Waals surface area (Å²) < 4.78 is 11.4. The van der Waals surface area contributed by atoms with Crippen molar-refractivity contribution >= 4 is 5.91 Å². The molecular formula is C16H18N4O3. The Balaban J connectivity index is 1.66. The molecule has 3 rings (SSSR count). The molecule has 7 nitrogen and oxygen atoms in total. The Morgan fingerprint density at radius 3 is 2.96 bits per heavy atom. The Bertz CT molecular complexity index is 648. The molecule has 23 heavy (non-hydrogen) atoms. The van der Waals surface area contributed by atoms with E-state index < -0.39 is 0 Å². The molecule has 1 aliphatic rings. The number of rotatable bonds is 4. The van der Waals surface area contributed by atoms with Gasteiger partial charge in [0.05, 0.1) is 31.6 Å². The van der Waals surface area contributed by atoms with Crippen LogP contribution in [0.3, 0.4) is 0 Å². The van der Waals surface area contributed by atoms with Crippen molar-refractivity contribution in [3.05, 3.63) is 48.3 Å². The van der Waals surface area contributed by atoms with Crippen LogP contribution in [0.1, 0.15) is 22.6 Å². The van der Waals surface area contributed by atoms with E-state index >= 15 is 0 Å². The maximum atomic E-state index is 12.2. The highest BCUT2D eigenvalue weighted by Crippen LogP contribution is 2.18. The third-order valence-electron chi connectivity index (χ3n) is 3.58. The molecule has 0 unspecified atom stereocenters. The molecule has 2 atom stereocenters. The molecule has 0 aliphatic carbocycles. The second-order valence-corrected chi connectivity index (χ2v) is 5.33. The largest absolute Gasteiger partial charge is 0.486 e. The van der Waals surface area contributed by atoms with Gasteiger partial charge in [0.15, 0.2) is 0 Å². The molecule has 1 amide bonds. The maximum absolute atomic E-state index is 12.2. The third kappa shape index (κ3) is 4.01. The van der Waals surface area contributed by atoms with E-state index in [0.717, 1.165) is 5.69 Å². The van der Waals surface area contributed by atoms with E-state index in [-0.39, 0.29) is 23.7 Å². The molecule has 0 aromatic carbocycles. The number of carbonyl (C=O) groups excluding carboxylic acids is 1. The topological polar surface area (TPSA) is 86.2 Å². The highest BCUT2D eigenvalue weighted by molar-refractivity contribution is 5.92. The first-order valence-corrected chi connectivity index (χ1v) is 7.46. The number of carbonyl (C=O) groups is 1. The van der Waals surface area contributed by atoms with E-state index in [9.17, 15) is 4.79 Å². The number of hydrogen-bond donors (Lipinski definition) is 1. The van der Waals surface area contributed by atoms with Gasteiger partial charge in [-0.05, 0) is 19.1 Å². The fourth-order valence-corrected chi connectivity index (χ4v) is 2.35. The van der Waals surface area contributed by atoms with Gasteiger partial charge in [0.1, 0.15) is 17.5 Å². The molecule has 1 fully saturated rings. The predicted octanol–water partition coefficient (Wildman–Crippen LogP) is 1.15. The van der Waals surface area contributed by atoms with Crippen LogP contribution in [0.5, 0.6) is 5.75 Å². The second kappa shape index (κ2) is 7.15. The Labute approximate surface area is 134 Å². The fraction of sp³-hybridized carbons (Fsp3) is 0.375. The second-order valence-electron chi connectivity index (χ2n) is 5.33. The predicted molar refractivity (Wildman–Crippen MR) is 82.1 cm³/mol. The molecule has 1 N–H and O–H groups in total. The summed E-state index contributed by atoms with van der Waals surface area (Å²) in [4.78, 5) is 24.3. The van der Waals surface area contributed by atoms with Gasteiger partial charge in [-0.3, -0.25) is 14.8 Å². The molecule has 7 heteroatoms. The first-order chi connectivity index (χ1) is 11.2. The van der Waals surface area contributed by atoms with Crippen molar-refractivity contribution in [1.82, 2.24) is 20.3 Å². The lowest BCUT2D eigenvalue weighted by Gasteiger charge is -2.32. The normalized spacial score (nSPS) is 20.7. The van der Waals surface area contributed by atoms with Gasteiger partial charge in [-0.25, -0.2) is 4.98 Å². The van der Waals surface area contributed by atoms with E-state index in [2.05, 4.69) is 20.3 Å². The molecule has 1 aliphatic heterocycles. The van der Waals surface area contributed by atoms with E-state index in [1.54, 1.807) is 6.20 Å². The molecule has 3 heterocycles. The maximum Gasteiger partial charge on any atom is 0.271 e. The van der Waals surface area contributed by atoms with Crippen LogP contribution in [0.15, 0.2) is 36.9 Å². The van der Waals surface area contributed by atoms with Crippen LogP contribution >= 0.6 is 0 Å². The number of pyridine rings is 1. The van der Waals surface area contributed by atoms with Gasteiger partial charge in [0.2, 0.25) is 0 Å². The molecule has 2 aromatic rings. The Morgan fingerprint density at radius 2 is 2.22 bits per heavy atom. The minimum atomic E-state index is -0.288. The molecule has 0 bridgehead atoms. The Morgan fingerprint density at radius 1 is 1.30 bits per heavy atom. The number of hydrogen-bond acceptors (Lipinski definition) is 6. The zero-order valence-corrected chi connectivity index (χ0v) is 12.8. The smallest absolute Gasteiger partial charge is 0.271 e. The van der Waals surface area contributed by atoms with Gasteiger partial charge in [0, 0.05) is 24.5 Å². The summed E-state index contributed by atoms with van der Waals surface area (Å²) >= 11 is 0. The molecule has 120 valence electrons. The standard InChI is InChI=1S/C16H18N4O3/c1-11-2-3-12(8-19-11)23-15-4-7-22-10-14(15)20-16(21)13-9-17-5-6-18-13/h2-3,5-6,8-9,14-15H,4,7,10H2,1H3,(H,20,21)/t14-,15+/m0/s1. The zero-order chi connectivity index (χ0) is 16.1. The van der Waals surface area contributed by atoms with Gasteiger partial charge in [0.25, 0.3) is 5.91 Å². The van der Waals surface area contributed by atoms with Crippen LogP contribution in [0.4, 0.5) is 0 Å². The van der Waals surface area contributed by atoms with Crippen molar-refractivity contribution in [1.29, 1.82) is 0 Å². The van der Waals surface area contributed by atoms with Crippen LogP contribution in [0, 0.1) is 6.92 Å². The van der Waals surface area contributed by atoms with Gasteiger partial charge < -0.3 is 14.8 Å². The van der Waals surface area contributed by atoms with E-state index in [0.29, 0.717) is 25.4 Å². The minimum Gasteiger partial charge on any atom is -0.486 e. The number of nitrogens with zero attached hydrogens (tertiary/aromatic N) is 3. The number of aromatic nitrogens is 3. The van der Waals surface area contributed by atoms with Crippen LogP contribution in [-0.2, 0) is 4.74 Å². The van der Waals surface area contributed by atoms with Gasteiger partial charge in [-0.1, -0.05) is 0 Å². The zero-order valence-electron chi connectivity index (χ0n) is 12.8. The summed E-state index contributed by atoms with van der Waals surface area (Å²) in [6.07, 6.45) is 6.65. The lowest BCUT2D eigenvalue weighted by molar-refractivity contribution is -0.00308. The molecular weight excluding hydrogens is 296 g/mol. The van der Waals surface area contributed by atoms with Crippen molar-refractivity contribution in [2.75, 3.05) is 13.2 Å². The average Bonchev–Trinajstić information content (AvgIpc) is 2.59. The highest BCUT2D eigenvalue weighted by Gasteiger charge is 2.29. The molecule has 0 radical (unpaired) electrons. The molecule has 0 saturated carbocycles. The summed E-state index contributed by atoms with van der Waals surface area (Å²) in [7, 11) is 0. The summed E-state index contributed by atoms with van der Waals surface area (Å²) in [5.41, 5.74) is 1.20. The van der Waals surface area contributed by atoms with Crippen LogP contribution in [-0.4, -0.2) is 46.2 Å². The quantitative estimate of drug-likeness (QED) is 0.911. The van der Waals surface area contributed by atoms with Crippen LogP contribution in [0.25, 0.3) is 0 Å². The Kier molecular flexibility index (Phi) is 4.77. The lowest BCUT2D eigenvalue weighted by Crippen LogP contribution is -2.52. The summed E-state index contributed by atoms with van der Waals surface area (Å²) in [5.74, 6) is 0.394. The van der Waals surface area contributed by atoms with Crippen LogP contribution in [0.2, 0.25) is 0 Å². The first kappa shape index (κ1) is 15.4. The summed E-state index contributed by atoms with van der Waals surface area (Å²) in [5, 5.41) is 2.91. The summed E-state index contributed by atoms with van der Waals surface area (Å²) in [6, 6.07) is 3.51. The minimum absolute atomic E-state index is 0.172. The fourth-order valence-electron chi connectivity index (χ4n) is 2.35. The van der Waals surface area contributed by atoms with Gasteiger partial charge in [-0.15, -0.1) is 0 Å². The first-order valence-electron chi connectivity index (χ1n) is 7.46. The number of nitrogens with one attached hydrogen (secondary N) is 1. The van der Waals surface area contributed by atoms with Crippen molar-refractivity contribution < 1.29 is 14.3 Å². The molecule has 2 aromatic heterocycles. The number of amides is 1. The van der Waals surface area contributed by atoms with E-state index in [1.807, 2.05) is 19.1 Å². The average molecular weight is 314 g/mol. The van der Waals surface area contributed by atoms with Crippen LogP contribution < -0.4 is 10.1 Å². The highest BCUT2D eigenvalue weighted by atomic mass is 16.5. The molecule has 1 saturated heterocycles. The Hall–Kier alpha value is -2.54. The SMILES string of the molecule is Cc1ccc(O[C@@H]2CCOC[C@@H]2NC(=O)c2cnccn2)cn1. The molecule has 0 spiro atoms. The van der Waals surface area contributed by atoms with Crippen molar-refractivity contribution in [3.63, 3.8) is 0 Å².